The van der Waals surface area contributed by atoms with E-state index in [9.17, 15) is 14.0 Å². The molecule has 1 atom stereocenters. The Hall–Kier alpha value is -2.19. The predicted octanol–water partition coefficient (Wildman–Crippen LogP) is 1.82. The van der Waals surface area contributed by atoms with Crippen LogP contribution in [0.5, 0.6) is 5.75 Å². The van der Waals surface area contributed by atoms with Crippen LogP contribution in [-0.2, 0) is 19.1 Å². The molecule has 8 heteroatoms. The van der Waals surface area contributed by atoms with Crippen LogP contribution in [0.4, 0.5) is 10.1 Å². The van der Waals surface area contributed by atoms with Crippen LogP contribution in [0.2, 0.25) is 0 Å². The summed E-state index contributed by atoms with van der Waals surface area (Å²) in [6, 6.07) is 4.63. The van der Waals surface area contributed by atoms with Gasteiger partial charge in [-0.3, -0.25) is 9.69 Å². The number of methoxy groups -OCH3 is 1. The van der Waals surface area contributed by atoms with E-state index in [1.807, 2.05) is 0 Å². The largest absolute Gasteiger partial charge is 0.476 e. The third-order valence-corrected chi connectivity index (χ3v) is 5.07. The molecule has 3 rings (SSSR count). The maximum Gasteiger partial charge on any atom is 0.346 e. The van der Waals surface area contributed by atoms with E-state index in [1.54, 1.807) is 6.07 Å². The van der Waals surface area contributed by atoms with Gasteiger partial charge in [-0.1, -0.05) is 0 Å². The van der Waals surface area contributed by atoms with Gasteiger partial charge < -0.3 is 19.5 Å². The highest BCUT2D eigenvalue weighted by atomic mass is 19.1. The first-order chi connectivity index (χ1) is 13.0. The topological polar surface area (TPSA) is 77.1 Å². The van der Waals surface area contributed by atoms with Crippen molar-refractivity contribution in [3.05, 3.63) is 24.0 Å². The summed E-state index contributed by atoms with van der Waals surface area (Å²) in [6.07, 6.45) is 0.641. The molecule has 1 aromatic rings. The molecule has 2 aliphatic heterocycles. The maximum atomic E-state index is 14.2. The van der Waals surface area contributed by atoms with Crippen LogP contribution in [0.1, 0.15) is 19.8 Å². The number of ether oxygens (including phenoxy) is 3. The Morgan fingerprint density at radius 2 is 2.00 bits per heavy atom. The number of nitrogens with zero attached hydrogens (tertiary/aromatic N) is 1. The molecule has 2 saturated heterocycles. The molecule has 0 spiro atoms. The molecule has 2 aliphatic rings. The van der Waals surface area contributed by atoms with Gasteiger partial charge in [0, 0.05) is 17.7 Å². The number of rotatable bonds is 6. The van der Waals surface area contributed by atoms with Crippen molar-refractivity contribution in [2.45, 2.75) is 31.9 Å². The number of carbonyl (C=O) groups excluding carboxylic acids is 2. The number of likely N-dealkylation sites (tertiary alicyclic amines) is 1. The summed E-state index contributed by atoms with van der Waals surface area (Å²) in [7, 11) is 1.24. The molecular weight excluding hydrogens is 355 g/mol. The third-order valence-electron chi connectivity index (χ3n) is 5.07. The van der Waals surface area contributed by atoms with Gasteiger partial charge in [-0.2, -0.15) is 0 Å². The summed E-state index contributed by atoms with van der Waals surface area (Å²) in [5.41, 5.74) is 0.366. The van der Waals surface area contributed by atoms with E-state index in [4.69, 9.17) is 9.47 Å². The van der Waals surface area contributed by atoms with Gasteiger partial charge in [0.15, 0.2) is 17.7 Å². The lowest BCUT2D eigenvalue weighted by Gasteiger charge is -2.41. The van der Waals surface area contributed by atoms with E-state index >= 15 is 0 Å². The predicted molar refractivity (Wildman–Crippen MR) is 96.0 cm³/mol. The lowest BCUT2D eigenvalue weighted by molar-refractivity contribution is -0.148. The number of hydrogen-bond acceptors (Lipinski definition) is 6. The molecule has 148 valence electrons. The Labute approximate surface area is 157 Å². The Morgan fingerprint density at radius 3 is 2.56 bits per heavy atom. The second-order valence-electron chi connectivity index (χ2n) is 6.92. The average Bonchev–Trinajstić information content (AvgIpc) is 2.62. The van der Waals surface area contributed by atoms with E-state index in [0.29, 0.717) is 11.7 Å². The quantitative estimate of drug-likeness (QED) is 0.759. The van der Waals surface area contributed by atoms with Gasteiger partial charge in [0.2, 0.25) is 5.91 Å². The first-order valence-electron chi connectivity index (χ1n) is 9.14. The first-order valence-corrected chi connectivity index (χ1v) is 9.14. The number of esters is 1. The van der Waals surface area contributed by atoms with Crippen LogP contribution in [0, 0.1) is 11.7 Å². The Balaban J connectivity index is 1.52. The maximum absolute atomic E-state index is 14.2. The molecule has 0 bridgehead atoms. The normalized spacial score (nSPS) is 19.8. The minimum absolute atomic E-state index is 0.0677. The number of hydrogen-bond donors (Lipinski definition) is 1. The minimum Gasteiger partial charge on any atom is -0.476 e. The smallest absolute Gasteiger partial charge is 0.346 e. The molecule has 1 amide bonds. The molecule has 27 heavy (non-hydrogen) atoms. The molecule has 0 radical (unpaired) electrons. The van der Waals surface area contributed by atoms with Crippen molar-refractivity contribution in [2.24, 2.45) is 5.92 Å². The summed E-state index contributed by atoms with van der Waals surface area (Å²) in [6.45, 7) is 4.78. The molecule has 7 nitrogen and oxygen atoms in total. The lowest BCUT2D eigenvalue weighted by Crippen LogP contribution is -2.52. The number of amides is 1. The number of halogens is 1. The molecule has 1 unspecified atom stereocenters. The van der Waals surface area contributed by atoms with Crippen LogP contribution < -0.4 is 10.1 Å². The zero-order valence-corrected chi connectivity index (χ0v) is 15.6. The van der Waals surface area contributed by atoms with E-state index in [1.165, 1.54) is 26.2 Å². The summed E-state index contributed by atoms with van der Waals surface area (Å²) < 4.78 is 29.2. The average molecular weight is 380 g/mol. The zero-order chi connectivity index (χ0) is 19.4. The van der Waals surface area contributed by atoms with Crippen molar-refractivity contribution < 1.29 is 28.2 Å². The van der Waals surface area contributed by atoms with Gasteiger partial charge in [0.25, 0.3) is 0 Å². The number of benzene rings is 1. The molecule has 0 saturated carbocycles. The van der Waals surface area contributed by atoms with Crippen molar-refractivity contribution in [1.82, 2.24) is 4.90 Å². The van der Waals surface area contributed by atoms with Gasteiger partial charge in [-0.15, -0.1) is 0 Å². The van der Waals surface area contributed by atoms with Gasteiger partial charge in [-0.25, -0.2) is 9.18 Å². The highest BCUT2D eigenvalue weighted by Gasteiger charge is 2.32. The fourth-order valence-corrected chi connectivity index (χ4v) is 3.28. The third kappa shape index (κ3) is 4.75. The summed E-state index contributed by atoms with van der Waals surface area (Å²) in [5.74, 6) is -1.49. The van der Waals surface area contributed by atoms with Crippen LogP contribution in [-0.4, -0.2) is 62.3 Å². The molecule has 1 aromatic carbocycles. The first kappa shape index (κ1) is 19.6. The van der Waals surface area contributed by atoms with Gasteiger partial charge in [0.05, 0.1) is 26.4 Å². The molecule has 2 heterocycles. The highest BCUT2D eigenvalue weighted by molar-refractivity contribution is 5.92. The summed E-state index contributed by atoms with van der Waals surface area (Å²) in [5, 5.41) is 2.77. The van der Waals surface area contributed by atoms with Crippen LogP contribution in [0.25, 0.3) is 0 Å². The number of piperidine rings is 1. The monoisotopic (exact) mass is 380 g/mol. The SMILES string of the molecule is COC(=O)C(C)Oc1ccc(NC(=O)C2CCN(C3COC3)CC2)cc1F. The van der Waals surface area contributed by atoms with E-state index in [0.717, 1.165) is 39.1 Å². The van der Waals surface area contributed by atoms with Crippen molar-refractivity contribution in [3.8, 4) is 5.75 Å². The standard InChI is InChI=1S/C19H25FN2O5/c1-12(19(24)25-2)27-17-4-3-14(9-16(17)20)21-18(23)13-5-7-22(8-6-13)15-10-26-11-15/h3-4,9,12-13,15H,5-8,10-11H2,1-2H3,(H,21,23). The minimum atomic E-state index is -0.920. The number of anilines is 1. The number of carbonyl (C=O) groups is 2. The molecular formula is C19H25FN2O5. The van der Waals surface area contributed by atoms with Crippen molar-refractivity contribution in [3.63, 3.8) is 0 Å². The van der Waals surface area contributed by atoms with E-state index < -0.39 is 17.9 Å². The van der Waals surface area contributed by atoms with Crippen LogP contribution in [0.15, 0.2) is 18.2 Å². The zero-order valence-electron chi connectivity index (χ0n) is 15.6. The fraction of sp³-hybridized carbons (Fsp3) is 0.579. The molecule has 2 fully saturated rings. The molecule has 0 aliphatic carbocycles. The van der Waals surface area contributed by atoms with E-state index in [-0.39, 0.29) is 17.6 Å². The van der Waals surface area contributed by atoms with Crippen molar-refractivity contribution in [1.29, 1.82) is 0 Å². The van der Waals surface area contributed by atoms with Crippen LogP contribution in [0.3, 0.4) is 0 Å². The Morgan fingerprint density at radius 1 is 1.30 bits per heavy atom. The van der Waals surface area contributed by atoms with Gasteiger partial charge in [-0.05, 0) is 45.0 Å². The summed E-state index contributed by atoms with van der Waals surface area (Å²) in [4.78, 5) is 26.2. The second kappa shape index (κ2) is 8.67. The highest BCUT2D eigenvalue weighted by Crippen LogP contribution is 2.25. The number of nitrogens with one attached hydrogen (secondary N) is 1. The Kier molecular flexibility index (Phi) is 6.28. The second-order valence-corrected chi connectivity index (χ2v) is 6.92. The van der Waals surface area contributed by atoms with Gasteiger partial charge >= 0.3 is 5.97 Å². The van der Waals surface area contributed by atoms with Gasteiger partial charge in [0.1, 0.15) is 0 Å². The van der Waals surface area contributed by atoms with E-state index in [2.05, 4.69) is 15.0 Å². The molecule has 0 aromatic heterocycles. The fourth-order valence-electron chi connectivity index (χ4n) is 3.28. The lowest BCUT2D eigenvalue weighted by atomic mass is 9.94. The summed E-state index contributed by atoms with van der Waals surface area (Å²) >= 11 is 0. The Bertz CT molecular complexity index is 687. The molecule has 1 N–H and O–H groups in total. The van der Waals surface area contributed by atoms with Crippen LogP contribution >= 0.6 is 0 Å². The van der Waals surface area contributed by atoms with Crippen molar-refractivity contribution in [2.75, 3.05) is 38.7 Å². The van der Waals surface area contributed by atoms with Crippen molar-refractivity contribution >= 4 is 17.6 Å².